The van der Waals surface area contributed by atoms with Crippen molar-refractivity contribution in [3.05, 3.63) is 28.3 Å². The lowest BCUT2D eigenvalue weighted by Crippen LogP contribution is -2.09. The first-order valence-electron chi connectivity index (χ1n) is 5.45. The second-order valence-electron chi connectivity index (χ2n) is 3.56. The van der Waals surface area contributed by atoms with Gasteiger partial charge in [-0.05, 0) is 18.6 Å². The van der Waals surface area contributed by atoms with Gasteiger partial charge in [0, 0.05) is 10.9 Å². The molecule has 0 aliphatic heterocycles. The van der Waals surface area contributed by atoms with Crippen LogP contribution < -0.4 is 4.74 Å². The number of esters is 1. The summed E-state index contributed by atoms with van der Waals surface area (Å²) in [4.78, 5) is 11.4. The average molecular weight is 358 g/mol. The van der Waals surface area contributed by atoms with Crippen LogP contribution in [-0.4, -0.2) is 19.2 Å². The van der Waals surface area contributed by atoms with Crippen LogP contribution in [0.5, 0.6) is 5.75 Å². The molecule has 0 aliphatic carbocycles. The smallest absolute Gasteiger partial charge is 0.387 e. The third-order valence-electron chi connectivity index (χ3n) is 2.19. The van der Waals surface area contributed by atoms with Crippen LogP contribution in [0, 0.1) is 0 Å². The number of alkyl halides is 3. The Balaban J connectivity index is 2.98. The molecule has 0 aromatic heterocycles. The van der Waals surface area contributed by atoms with Crippen molar-refractivity contribution in [1.29, 1.82) is 0 Å². The molecule has 0 unspecified atom stereocenters. The highest BCUT2D eigenvalue weighted by Gasteiger charge is 2.16. The number of halogens is 4. The van der Waals surface area contributed by atoms with E-state index in [-0.39, 0.29) is 29.1 Å². The van der Waals surface area contributed by atoms with Crippen LogP contribution in [0.2, 0.25) is 5.02 Å². The molecule has 0 fully saturated rings. The number of carbonyl (C=O) groups excluding carboxylic acids is 1. The molecule has 19 heavy (non-hydrogen) atoms. The van der Waals surface area contributed by atoms with Gasteiger partial charge in [0.05, 0.1) is 18.1 Å². The molecule has 7 heteroatoms. The summed E-state index contributed by atoms with van der Waals surface area (Å²) >= 11 is 9.05. The SMILES string of the molecule is CCOC(=O)Cc1cc(Cl)c(OC(F)F)c(CBr)c1. The summed E-state index contributed by atoms with van der Waals surface area (Å²) in [5, 5.41) is 0.322. The predicted octanol–water partition coefficient (Wildman–Crippen LogP) is 3.94. The van der Waals surface area contributed by atoms with Crippen LogP contribution in [0.4, 0.5) is 8.78 Å². The van der Waals surface area contributed by atoms with E-state index >= 15 is 0 Å². The highest BCUT2D eigenvalue weighted by molar-refractivity contribution is 9.08. The fourth-order valence-electron chi connectivity index (χ4n) is 1.51. The molecule has 0 aliphatic rings. The largest absolute Gasteiger partial charge is 0.466 e. The van der Waals surface area contributed by atoms with Crippen LogP contribution in [0.15, 0.2) is 12.1 Å². The normalized spacial score (nSPS) is 10.6. The van der Waals surface area contributed by atoms with Gasteiger partial charge >= 0.3 is 12.6 Å². The first kappa shape index (κ1) is 16.2. The maximum absolute atomic E-state index is 12.3. The lowest BCUT2D eigenvalue weighted by Gasteiger charge is -2.13. The molecule has 1 aromatic carbocycles. The number of hydrogen-bond donors (Lipinski definition) is 0. The van der Waals surface area contributed by atoms with E-state index in [1.165, 1.54) is 6.07 Å². The van der Waals surface area contributed by atoms with E-state index in [4.69, 9.17) is 16.3 Å². The molecule has 0 N–H and O–H groups in total. The quantitative estimate of drug-likeness (QED) is 0.571. The van der Waals surface area contributed by atoms with Gasteiger partial charge in [-0.25, -0.2) is 0 Å². The number of rotatable bonds is 6. The molecule has 3 nitrogen and oxygen atoms in total. The van der Waals surface area contributed by atoms with Gasteiger partial charge in [0.25, 0.3) is 0 Å². The molecule has 0 radical (unpaired) electrons. The number of carbonyl (C=O) groups is 1. The van der Waals surface area contributed by atoms with Crippen molar-refractivity contribution in [3.63, 3.8) is 0 Å². The van der Waals surface area contributed by atoms with E-state index < -0.39 is 12.6 Å². The molecular formula is C12H12BrClF2O3. The summed E-state index contributed by atoms with van der Waals surface area (Å²) < 4.78 is 33.7. The Bertz CT molecular complexity index is 455. The lowest BCUT2D eigenvalue weighted by molar-refractivity contribution is -0.142. The second-order valence-corrected chi connectivity index (χ2v) is 4.53. The molecular weight excluding hydrogens is 345 g/mol. The Morgan fingerprint density at radius 1 is 1.47 bits per heavy atom. The van der Waals surface area contributed by atoms with E-state index in [1.54, 1.807) is 13.0 Å². The molecule has 0 atom stereocenters. The van der Waals surface area contributed by atoms with E-state index in [9.17, 15) is 13.6 Å². The first-order chi connectivity index (χ1) is 8.97. The Morgan fingerprint density at radius 3 is 2.68 bits per heavy atom. The number of hydrogen-bond acceptors (Lipinski definition) is 3. The van der Waals surface area contributed by atoms with Crippen LogP contribution in [0.1, 0.15) is 18.1 Å². The maximum Gasteiger partial charge on any atom is 0.387 e. The monoisotopic (exact) mass is 356 g/mol. The zero-order valence-electron chi connectivity index (χ0n) is 10.1. The van der Waals surface area contributed by atoms with E-state index in [1.807, 2.05) is 0 Å². The molecule has 1 aromatic rings. The minimum atomic E-state index is -2.95. The molecule has 0 heterocycles. The van der Waals surface area contributed by atoms with Gasteiger partial charge in [0.2, 0.25) is 0 Å². The first-order valence-corrected chi connectivity index (χ1v) is 6.95. The van der Waals surface area contributed by atoms with Gasteiger partial charge in [0.1, 0.15) is 5.75 Å². The van der Waals surface area contributed by atoms with Crippen molar-refractivity contribution in [3.8, 4) is 5.75 Å². The van der Waals surface area contributed by atoms with Crippen molar-refractivity contribution in [1.82, 2.24) is 0 Å². The summed E-state index contributed by atoms with van der Waals surface area (Å²) in [5.74, 6) is -0.484. The minimum Gasteiger partial charge on any atom is -0.466 e. The van der Waals surface area contributed by atoms with Crippen LogP contribution in [-0.2, 0) is 21.3 Å². The molecule has 1 rings (SSSR count). The summed E-state index contributed by atoms with van der Waals surface area (Å²) in [6.07, 6.45) is 0.0303. The van der Waals surface area contributed by atoms with Gasteiger partial charge in [-0.1, -0.05) is 33.6 Å². The van der Waals surface area contributed by atoms with Crippen molar-refractivity contribution in [2.45, 2.75) is 25.3 Å². The van der Waals surface area contributed by atoms with Crippen molar-refractivity contribution in [2.24, 2.45) is 0 Å². The zero-order valence-corrected chi connectivity index (χ0v) is 12.4. The topological polar surface area (TPSA) is 35.5 Å². The van der Waals surface area contributed by atoms with E-state index in [0.29, 0.717) is 11.1 Å². The third-order valence-corrected chi connectivity index (χ3v) is 3.07. The van der Waals surface area contributed by atoms with Crippen LogP contribution in [0.3, 0.4) is 0 Å². The fourth-order valence-corrected chi connectivity index (χ4v) is 2.24. The molecule has 0 amide bonds. The van der Waals surface area contributed by atoms with Gasteiger partial charge < -0.3 is 9.47 Å². The Labute approximate surface area is 123 Å². The summed E-state index contributed by atoms with van der Waals surface area (Å²) in [6, 6.07) is 3.00. The van der Waals surface area contributed by atoms with Gasteiger partial charge in [-0.15, -0.1) is 0 Å². The van der Waals surface area contributed by atoms with Crippen molar-refractivity contribution in [2.75, 3.05) is 6.61 Å². The fraction of sp³-hybridized carbons (Fsp3) is 0.417. The third kappa shape index (κ3) is 4.95. The zero-order chi connectivity index (χ0) is 14.4. The number of ether oxygens (including phenoxy) is 2. The number of benzene rings is 1. The van der Waals surface area contributed by atoms with E-state index in [0.717, 1.165) is 0 Å². The highest BCUT2D eigenvalue weighted by atomic mass is 79.9. The van der Waals surface area contributed by atoms with Crippen molar-refractivity contribution < 1.29 is 23.0 Å². The van der Waals surface area contributed by atoms with Gasteiger partial charge in [0.15, 0.2) is 0 Å². The molecule has 106 valence electrons. The van der Waals surface area contributed by atoms with Gasteiger partial charge in [-0.3, -0.25) is 4.79 Å². The standard InChI is InChI=1S/C12H12BrClF2O3/c1-2-18-10(17)5-7-3-8(6-13)11(9(14)4-7)19-12(15)16/h3-4,12H,2,5-6H2,1H3. The maximum atomic E-state index is 12.3. The Kier molecular flexibility index (Phi) is 6.51. The Morgan fingerprint density at radius 2 is 2.16 bits per heavy atom. The molecule has 0 saturated carbocycles. The lowest BCUT2D eigenvalue weighted by atomic mass is 10.1. The van der Waals surface area contributed by atoms with E-state index in [2.05, 4.69) is 20.7 Å². The van der Waals surface area contributed by atoms with Crippen LogP contribution in [0.25, 0.3) is 0 Å². The van der Waals surface area contributed by atoms with Crippen LogP contribution >= 0.6 is 27.5 Å². The summed E-state index contributed by atoms with van der Waals surface area (Å²) in [7, 11) is 0. The predicted molar refractivity (Wildman–Crippen MR) is 71.1 cm³/mol. The summed E-state index contributed by atoms with van der Waals surface area (Å²) in [6.45, 7) is -0.968. The average Bonchev–Trinajstić information content (AvgIpc) is 2.32. The molecule has 0 saturated heterocycles. The second kappa shape index (κ2) is 7.65. The molecule has 0 bridgehead atoms. The summed E-state index contributed by atoms with van der Waals surface area (Å²) in [5.41, 5.74) is 1.03. The van der Waals surface area contributed by atoms with Crippen molar-refractivity contribution >= 4 is 33.5 Å². The Hall–Kier alpha value is -0.880. The highest BCUT2D eigenvalue weighted by Crippen LogP contribution is 2.33. The van der Waals surface area contributed by atoms with Gasteiger partial charge in [-0.2, -0.15) is 8.78 Å². The molecule has 0 spiro atoms. The minimum absolute atomic E-state index is 0.0303.